The molecule has 0 unspecified atom stereocenters. The number of carbonyl (C=O) groups excluding carboxylic acids is 1. The summed E-state index contributed by atoms with van der Waals surface area (Å²) in [5, 5.41) is 0. The van der Waals surface area contributed by atoms with Crippen molar-refractivity contribution in [3.8, 4) is 0 Å². The van der Waals surface area contributed by atoms with Crippen LogP contribution in [0.2, 0.25) is 0 Å². The predicted molar refractivity (Wildman–Crippen MR) is 67.2 cm³/mol. The summed E-state index contributed by atoms with van der Waals surface area (Å²) in [6, 6.07) is 3.68. The van der Waals surface area contributed by atoms with Gasteiger partial charge in [0.2, 0.25) is 0 Å². The number of nitrogens with two attached hydrogens (primary N) is 1. The second-order valence-corrected chi connectivity index (χ2v) is 3.54. The van der Waals surface area contributed by atoms with Crippen LogP contribution in [0.3, 0.4) is 0 Å². The number of pyridine rings is 1. The molecule has 0 spiro atoms. The summed E-state index contributed by atoms with van der Waals surface area (Å²) in [6.07, 6.45) is 4.14. The average Bonchev–Trinajstić information content (AvgIpc) is 2.65. The number of nitrogens with zero attached hydrogens (tertiary/aromatic N) is 2. The van der Waals surface area contributed by atoms with E-state index in [9.17, 15) is 4.79 Å². The molecule has 0 saturated carbocycles. The van der Waals surface area contributed by atoms with Gasteiger partial charge in [-0.1, -0.05) is 0 Å². The second kappa shape index (κ2) is 6.68. The van der Waals surface area contributed by atoms with E-state index < -0.39 is 0 Å². The summed E-state index contributed by atoms with van der Waals surface area (Å²) in [4.78, 5) is 17.5. The number of carbonyl (C=O) groups is 1. The highest BCUT2D eigenvalue weighted by atomic mass is 35.5. The van der Waals surface area contributed by atoms with E-state index in [0.717, 1.165) is 13.0 Å². The maximum absolute atomic E-state index is 11.8. The largest absolute Gasteiger partial charge is 0.337 e. The van der Waals surface area contributed by atoms with Crippen LogP contribution in [-0.2, 0) is 0 Å². The summed E-state index contributed by atoms with van der Waals surface area (Å²) in [7, 11) is 0. The molecule has 1 fully saturated rings. The van der Waals surface area contributed by atoms with E-state index in [1.54, 1.807) is 29.4 Å². The number of likely N-dealkylation sites (tertiary alicyclic amines) is 1. The first-order valence-electron chi connectivity index (χ1n) is 4.72. The van der Waals surface area contributed by atoms with E-state index >= 15 is 0 Å². The Morgan fingerprint density at radius 3 is 2.75 bits per heavy atom. The molecule has 2 heterocycles. The lowest BCUT2D eigenvalue weighted by atomic mass is 10.2. The third-order valence-electron chi connectivity index (χ3n) is 2.42. The Bertz CT molecular complexity index is 334. The van der Waals surface area contributed by atoms with Crippen molar-refractivity contribution in [2.75, 3.05) is 13.1 Å². The number of halogens is 2. The van der Waals surface area contributed by atoms with Crippen molar-refractivity contribution in [3.63, 3.8) is 0 Å². The zero-order valence-electron chi connectivity index (χ0n) is 8.70. The normalized spacial score (nSPS) is 18.6. The van der Waals surface area contributed by atoms with Gasteiger partial charge in [-0.3, -0.25) is 9.78 Å². The maximum atomic E-state index is 11.8. The van der Waals surface area contributed by atoms with Crippen LogP contribution in [0.25, 0.3) is 0 Å². The number of amides is 1. The Morgan fingerprint density at radius 2 is 2.25 bits per heavy atom. The fourth-order valence-electron chi connectivity index (χ4n) is 1.64. The summed E-state index contributed by atoms with van der Waals surface area (Å²) >= 11 is 0. The van der Waals surface area contributed by atoms with Crippen LogP contribution in [-0.4, -0.2) is 34.9 Å². The average molecular weight is 264 g/mol. The second-order valence-electron chi connectivity index (χ2n) is 3.54. The molecule has 0 bridgehead atoms. The minimum atomic E-state index is 0. The number of hydrogen-bond donors (Lipinski definition) is 1. The minimum Gasteiger partial charge on any atom is -0.337 e. The summed E-state index contributed by atoms with van der Waals surface area (Å²) in [5.41, 5.74) is 6.37. The topological polar surface area (TPSA) is 59.2 Å². The molecule has 1 saturated heterocycles. The number of rotatable bonds is 1. The Balaban J connectivity index is 0.00000112. The van der Waals surface area contributed by atoms with Gasteiger partial charge in [0.15, 0.2) is 0 Å². The molecule has 1 aromatic heterocycles. The van der Waals surface area contributed by atoms with Crippen molar-refractivity contribution < 1.29 is 4.79 Å². The lowest BCUT2D eigenvalue weighted by Crippen LogP contribution is -2.31. The molecule has 1 atom stereocenters. The van der Waals surface area contributed by atoms with Gasteiger partial charge in [0.25, 0.3) is 5.91 Å². The number of aromatic nitrogens is 1. The molecule has 0 aromatic carbocycles. The van der Waals surface area contributed by atoms with E-state index in [4.69, 9.17) is 5.73 Å². The monoisotopic (exact) mass is 263 g/mol. The molecule has 16 heavy (non-hydrogen) atoms. The van der Waals surface area contributed by atoms with Gasteiger partial charge in [-0.05, 0) is 18.6 Å². The van der Waals surface area contributed by atoms with E-state index in [-0.39, 0.29) is 36.8 Å². The standard InChI is InChI=1S/C10H13N3O.2ClH/c11-9-3-5-13(7-9)10(14)8-2-1-4-12-6-8;;/h1-2,4,6,9H,3,5,7,11H2;2*1H/t9-;;/m1../s1. The van der Waals surface area contributed by atoms with Crippen molar-refractivity contribution in [1.82, 2.24) is 9.88 Å². The Morgan fingerprint density at radius 1 is 1.50 bits per heavy atom. The van der Waals surface area contributed by atoms with Crippen LogP contribution in [0.5, 0.6) is 0 Å². The minimum absolute atomic E-state index is 0. The molecule has 2 rings (SSSR count). The Kier molecular flexibility index (Phi) is 6.33. The lowest BCUT2D eigenvalue weighted by Gasteiger charge is -2.15. The van der Waals surface area contributed by atoms with Crippen LogP contribution in [0.15, 0.2) is 24.5 Å². The first-order valence-corrected chi connectivity index (χ1v) is 4.72. The molecular formula is C10H15Cl2N3O. The van der Waals surface area contributed by atoms with Crippen molar-refractivity contribution in [3.05, 3.63) is 30.1 Å². The van der Waals surface area contributed by atoms with Gasteiger partial charge in [0, 0.05) is 31.5 Å². The molecule has 1 amide bonds. The quantitative estimate of drug-likeness (QED) is 0.826. The van der Waals surface area contributed by atoms with Gasteiger partial charge < -0.3 is 10.6 Å². The van der Waals surface area contributed by atoms with Gasteiger partial charge in [0.05, 0.1) is 5.56 Å². The molecule has 1 aliphatic heterocycles. The van der Waals surface area contributed by atoms with E-state index in [2.05, 4.69) is 4.98 Å². The van der Waals surface area contributed by atoms with E-state index in [1.807, 2.05) is 0 Å². The molecule has 0 aliphatic carbocycles. The van der Waals surface area contributed by atoms with E-state index in [1.165, 1.54) is 0 Å². The Hall–Kier alpha value is -0.840. The maximum Gasteiger partial charge on any atom is 0.255 e. The SMILES string of the molecule is Cl.Cl.N[C@@H]1CCN(C(=O)c2cccnc2)C1. The summed E-state index contributed by atoms with van der Waals surface area (Å²) < 4.78 is 0. The van der Waals surface area contributed by atoms with Crippen molar-refractivity contribution in [2.45, 2.75) is 12.5 Å². The summed E-state index contributed by atoms with van der Waals surface area (Å²) in [5.74, 6) is 0.0334. The highest BCUT2D eigenvalue weighted by Gasteiger charge is 2.24. The fraction of sp³-hybridized carbons (Fsp3) is 0.400. The third-order valence-corrected chi connectivity index (χ3v) is 2.42. The van der Waals surface area contributed by atoms with E-state index in [0.29, 0.717) is 12.1 Å². The van der Waals surface area contributed by atoms with Gasteiger partial charge in [0.1, 0.15) is 0 Å². The molecule has 4 nitrogen and oxygen atoms in total. The third kappa shape index (κ3) is 3.33. The van der Waals surface area contributed by atoms with Crippen LogP contribution >= 0.6 is 24.8 Å². The van der Waals surface area contributed by atoms with Crippen molar-refractivity contribution >= 4 is 30.7 Å². The first-order chi connectivity index (χ1) is 6.77. The van der Waals surface area contributed by atoms with Gasteiger partial charge in [-0.15, -0.1) is 24.8 Å². The van der Waals surface area contributed by atoms with Gasteiger partial charge >= 0.3 is 0 Å². The van der Waals surface area contributed by atoms with Crippen molar-refractivity contribution in [2.24, 2.45) is 5.73 Å². The zero-order chi connectivity index (χ0) is 9.97. The Labute approximate surface area is 107 Å². The highest BCUT2D eigenvalue weighted by molar-refractivity contribution is 5.94. The first kappa shape index (κ1) is 15.2. The van der Waals surface area contributed by atoms with Crippen LogP contribution < -0.4 is 5.73 Å². The highest BCUT2D eigenvalue weighted by Crippen LogP contribution is 2.11. The molecule has 0 radical (unpaired) electrons. The van der Waals surface area contributed by atoms with Crippen molar-refractivity contribution in [1.29, 1.82) is 0 Å². The molecular weight excluding hydrogens is 249 g/mol. The lowest BCUT2D eigenvalue weighted by molar-refractivity contribution is 0.0790. The molecule has 1 aliphatic rings. The number of hydrogen-bond acceptors (Lipinski definition) is 3. The smallest absolute Gasteiger partial charge is 0.255 e. The fourth-order valence-corrected chi connectivity index (χ4v) is 1.64. The van der Waals surface area contributed by atoms with Crippen LogP contribution in [0.1, 0.15) is 16.8 Å². The summed E-state index contributed by atoms with van der Waals surface area (Å²) in [6.45, 7) is 1.42. The van der Waals surface area contributed by atoms with Crippen LogP contribution in [0, 0.1) is 0 Å². The van der Waals surface area contributed by atoms with Gasteiger partial charge in [-0.2, -0.15) is 0 Å². The molecule has 1 aromatic rings. The molecule has 90 valence electrons. The van der Waals surface area contributed by atoms with Crippen LogP contribution in [0.4, 0.5) is 0 Å². The van der Waals surface area contributed by atoms with Gasteiger partial charge in [-0.25, -0.2) is 0 Å². The predicted octanol–water partition coefficient (Wildman–Crippen LogP) is 1.10. The molecule has 6 heteroatoms. The zero-order valence-corrected chi connectivity index (χ0v) is 10.3. The molecule has 2 N–H and O–H groups in total.